The first kappa shape index (κ1) is 7.85. The first-order chi connectivity index (χ1) is 5.24. The summed E-state index contributed by atoms with van der Waals surface area (Å²) < 4.78 is 23.9. The van der Waals surface area contributed by atoms with Gasteiger partial charge in [-0.2, -0.15) is 0 Å². The number of carbonyl (C=O) groups excluding carboxylic acids is 1. The molecule has 0 aromatic carbocycles. The molecule has 0 atom stereocenters. The van der Waals surface area contributed by atoms with E-state index in [2.05, 4.69) is 4.98 Å². The number of aldehydes is 1. The van der Waals surface area contributed by atoms with E-state index in [-0.39, 0.29) is 11.0 Å². The predicted molar refractivity (Wildman–Crippen MR) is 37.2 cm³/mol. The molecule has 5 heteroatoms. The number of pyridine rings is 1. The third kappa shape index (κ3) is 1.83. The van der Waals surface area contributed by atoms with Crippen LogP contribution in [0, 0.1) is 0 Å². The van der Waals surface area contributed by atoms with Crippen molar-refractivity contribution in [1.82, 2.24) is 4.98 Å². The zero-order valence-corrected chi connectivity index (χ0v) is 5.50. The lowest BCUT2D eigenvalue weighted by Gasteiger charge is -1.93. The van der Waals surface area contributed by atoms with E-state index >= 15 is 0 Å². The molecule has 0 aliphatic carbocycles. The second-order valence-electron chi connectivity index (χ2n) is 1.97. The van der Waals surface area contributed by atoms with Gasteiger partial charge in [-0.1, -0.05) is 0 Å². The summed E-state index contributed by atoms with van der Waals surface area (Å²) in [5.41, 5.74) is -0.0580. The molecule has 1 rings (SSSR count). The van der Waals surface area contributed by atoms with Crippen LogP contribution in [0.2, 0.25) is 0 Å². The predicted octanol–water partition coefficient (Wildman–Crippen LogP) is 0.528. The van der Waals surface area contributed by atoms with Crippen LogP contribution < -0.4 is 5.46 Å². The Morgan fingerprint density at radius 3 is 2.73 bits per heavy atom. The zero-order valence-electron chi connectivity index (χ0n) is 5.50. The van der Waals surface area contributed by atoms with Crippen LogP contribution in [0.25, 0.3) is 0 Å². The van der Waals surface area contributed by atoms with Crippen LogP contribution in [0.15, 0.2) is 18.5 Å². The van der Waals surface area contributed by atoms with Crippen molar-refractivity contribution in [3.05, 3.63) is 24.0 Å². The van der Waals surface area contributed by atoms with Gasteiger partial charge in [0.25, 0.3) is 0 Å². The molecular weight excluding hydrogens is 151 g/mol. The molecule has 11 heavy (non-hydrogen) atoms. The second kappa shape index (κ2) is 3.23. The minimum atomic E-state index is -2.57. The van der Waals surface area contributed by atoms with Gasteiger partial charge in [-0.25, -0.2) is 0 Å². The summed E-state index contributed by atoms with van der Waals surface area (Å²) in [5.74, 6) is 0. The Bertz CT molecular complexity index is 267. The van der Waals surface area contributed by atoms with Crippen LogP contribution in [0.3, 0.4) is 0 Å². The summed E-state index contributed by atoms with van der Waals surface area (Å²) >= 11 is 0. The Kier molecular flexibility index (Phi) is 2.30. The van der Waals surface area contributed by atoms with Crippen molar-refractivity contribution < 1.29 is 13.4 Å². The number of hydrogen-bond donors (Lipinski definition) is 0. The summed E-state index contributed by atoms with van der Waals surface area (Å²) in [4.78, 5) is 13.6. The molecule has 0 N–H and O–H groups in total. The van der Waals surface area contributed by atoms with Gasteiger partial charge in [-0.15, -0.1) is 0 Å². The number of aromatic nitrogens is 1. The fraction of sp³-hybridized carbons (Fsp3) is 0. The lowest BCUT2D eigenvalue weighted by Crippen LogP contribution is -2.21. The topological polar surface area (TPSA) is 30.0 Å². The molecule has 0 spiro atoms. The van der Waals surface area contributed by atoms with E-state index < -0.39 is 7.27 Å². The van der Waals surface area contributed by atoms with Gasteiger partial charge >= 0.3 is 7.27 Å². The minimum Gasteiger partial charge on any atom is -0.298 e. The molecule has 0 radical (unpaired) electrons. The highest BCUT2D eigenvalue weighted by molar-refractivity contribution is 6.59. The van der Waals surface area contributed by atoms with Gasteiger partial charge in [-0.05, 0) is 6.07 Å². The Morgan fingerprint density at radius 1 is 1.45 bits per heavy atom. The van der Waals surface area contributed by atoms with E-state index in [1.807, 2.05) is 0 Å². The lowest BCUT2D eigenvalue weighted by atomic mass is 9.87. The van der Waals surface area contributed by atoms with Gasteiger partial charge in [0, 0.05) is 23.4 Å². The van der Waals surface area contributed by atoms with Crippen LogP contribution in [0.4, 0.5) is 8.63 Å². The van der Waals surface area contributed by atoms with Gasteiger partial charge in [0.2, 0.25) is 0 Å². The lowest BCUT2D eigenvalue weighted by molar-refractivity contribution is 0.112. The first-order valence-corrected chi connectivity index (χ1v) is 2.92. The molecule has 0 aliphatic heterocycles. The molecule has 1 aromatic heterocycles. The number of carbonyl (C=O) groups is 1. The minimum absolute atomic E-state index is 0.169. The highest BCUT2D eigenvalue weighted by atomic mass is 19.2. The van der Waals surface area contributed by atoms with Crippen LogP contribution >= 0.6 is 0 Å². The third-order valence-corrected chi connectivity index (χ3v) is 1.17. The Hall–Kier alpha value is -1.26. The molecule has 0 unspecified atom stereocenters. The number of nitrogens with zero attached hydrogens (tertiary/aromatic N) is 1. The molecule has 0 saturated heterocycles. The van der Waals surface area contributed by atoms with Crippen LogP contribution in [0.1, 0.15) is 10.4 Å². The molecule has 0 saturated carbocycles. The fourth-order valence-electron chi connectivity index (χ4n) is 0.660. The van der Waals surface area contributed by atoms with Crippen LogP contribution in [-0.2, 0) is 0 Å². The van der Waals surface area contributed by atoms with Crippen LogP contribution in [0.5, 0.6) is 0 Å². The van der Waals surface area contributed by atoms with E-state index in [9.17, 15) is 13.4 Å². The average Bonchev–Trinajstić information content (AvgIpc) is 2.05. The number of halogens is 2. The van der Waals surface area contributed by atoms with Crippen molar-refractivity contribution in [3.8, 4) is 0 Å². The fourth-order valence-corrected chi connectivity index (χ4v) is 0.660. The van der Waals surface area contributed by atoms with Crippen molar-refractivity contribution in [2.75, 3.05) is 0 Å². The Morgan fingerprint density at radius 2 is 2.18 bits per heavy atom. The van der Waals surface area contributed by atoms with Gasteiger partial charge in [-0.3, -0.25) is 18.4 Å². The molecule has 0 fully saturated rings. The molecule has 0 amide bonds. The van der Waals surface area contributed by atoms with Crippen LogP contribution in [-0.4, -0.2) is 18.5 Å². The summed E-state index contributed by atoms with van der Waals surface area (Å²) in [6.07, 6.45) is 2.76. The maximum Gasteiger partial charge on any atom is 0.573 e. The van der Waals surface area contributed by atoms with Gasteiger partial charge in [0.05, 0.1) is 0 Å². The van der Waals surface area contributed by atoms with Crippen molar-refractivity contribution in [2.45, 2.75) is 0 Å². The second-order valence-corrected chi connectivity index (χ2v) is 1.97. The maximum atomic E-state index is 11.9. The Balaban J connectivity index is 3.00. The highest BCUT2D eigenvalue weighted by Gasteiger charge is 2.16. The smallest absolute Gasteiger partial charge is 0.298 e. The van der Waals surface area contributed by atoms with E-state index in [1.54, 1.807) is 0 Å². The summed E-state index contributed by atoms with van der Waals surface area (Å²) in [5, 5.41) is 0. The van der Waals surface area contributed by atoms with Gasteiger partial charge in [0.15, 0.2) is 6.29 Å². The number of rotatable bonds is 2. The van der Waals surface area contributed by atoms with E-state index in [4.69, 9.17) is 0 Å². The summed E-state index contributed by atoms with van der Waals surface area (Å²) in [6.45, 7) is 0. The molecule has 1 aromatic rings. The summed E-state index contributed by atoms with van der Waals surface area (Å²) in [7, 11) is -2.57. The third-order valence-electron chi connectivity index (χ3n) is 1.17. The molecule has 0 bridgehead atoms. The van der Waals surface area contributed by atoms with Crippen molar-refractivity contribution in [1.29, 1.82) is 0 Å². The molecule has 1 heterocycles. The van der Waals surface area contributed by atoms with Crippen molar-refractivity contribution >= 4 is 19.0 Å². The molecule has 56 valence electrons. The zero-order chi connectivity index (χ0) is 8.27. The van der Waals surface area contributed by atoms with E-state index in [1.165, 1.54) is 6.20 Å². The maximum absolute atomic E-state index is 11.9. The van der Waals surface area contributed by atoms with E-state index in [0.717, 1.165) is 12.3 Å². The molecule has 2 nitrogen and oxygen atoms in total. The van der Waals surface area contributed by atoms with Gasteiger partial charge in [0.1, 0.15) is 0 Å². The quantitative estimate of drug-likeness (QED) is 0.460. The first-order valence-electron chi connectivity index (χ1n) is 2.92. The van der Waals surface area contributed by atoms with Crippen molar-refractivity contribution in [2.24, 2.45) is 0 Å². The average molecular weight is 155 g/mol. The highest BCUT2D eigenvalue weighted by Crippen LogP contribution is 1.92. The number of hydrogen-bond acceptors (Lipinski definition) is 2. The largest absolute Gasteiger partial charge is 0.573 e. The normalized spacial score (nSPS) is 9.27. The van der Waals surface area contributed by atoms with E-state index in [0.29, 0.717) is 6.29 Å². The molecular formula is C6H4BF2NO. The summed E-state index contributed by atoms with van der Waals surface area (Å²) in [6, 6.07) is 1.12. The monoisotopic (exact) mass is 155 g/mol. The SMILES string of the molecule is O=Cc1cncc(B(F)F)c1. The molecule has 0 aliphatic rings. The standard InChI is InChI=1S/C6H4BF2NO/c8-7(9)6-1-5(4-11)2-10-3-6/h1-4H. The van der Waals surface area contributed by atoms with Gasteiger partial charge < -0.3 is 0 Å². The Labute approximate surface area is 62.4 Å². The van der Waals surface area contributed by atoms with Crippen molar-refractivity contribution in [3.63, 3.8) is 0 Å².